The topological polar surface area (TPSA) is 90.3 Å². The third-order valence-corrected chi connectivity index (χ3v) is 5.47. The summed E-state index contributed by atoms with van der Waals surface area (Å²) in [6, 6.07) is 12.6. The molecule has 7 nitrogen and oxygen atoms in total. The van der Waals surface area contributed by atoms with Crippen LogP contribution in [-0.4, -0.2) is 122 Å². The molecule has 0 unspecified atom stereocenters. The number of carboxylic acid groups (broad SMARTS) is 1. The molecule has 0 saturated carbocycles. The van der Waals surface area contributed by atoms with Gasteiger partial charge >= 0.3 is 57.4 Å². The Labute approximate surface area is 218 Å². The molecule has 0 fully saturated rings. The molecule has 0 saturated heterocycles. The minimum absolute atomic E-state index is 0. The van der Waals surface area contributed by atoms with Gasteiger partial charge in [0.25, 0.3) is 5.91 Å². The van der Waals surface area contributed by atoms with Crippen molar-refractivity contribution in [3.8, 4) is 5.75 Å². The van der Waals surface area contributed by atoms with Crippen LogP contribution in [-0.2, 0) is 13.0 Å². The number of hydrogen-bond acceptors (Lipinski definition) is 5. The van der Waals surface area contributed by atoms with Gasteiger partial charge in [-0.1, -0.05) is 24.3 Å². The Morgan fingerprint density at radius 3 is 2.63 bits per heavy atom. The van der Waals surface area contributed by atoms with E-state index in [4.69, 9.17) is 9.84 Å². The second-order valence-electron chi connectivity index (χ2n) is 7.52. The molecule has 0 aliphatic carbocycles. The van der Waals surface area contributed by atoms with Crippen molar-refractivity contribution in [3.63, 3.8) is 0 Å². The van der Waals surface area contributed by atoms with E-state index in [1.54, 1.807) is 4.90 Å². The zero-order valence-corrected chi connectivity index (χ0v) is 16.1. The Morgan fingerprint density at radius 2 is 1.87 bits per heavy atom. The monoisotopic (exact) mass is 436 g/mol. The van der Waals surface area contributed by atoms with Crippen molar-refractivity contribution in [1.29, 1.82) is 0 Å². The Bertz CT molecular complexity index is 935. The van der Waals surface area contributed by atoms with Crippen LogP contribution in [0.4, 0.5) is 0 Å². The molecule has 4 rings (SSSR count). The molecule has 2 aromatic carbocycles. The van der Waals surface area contributed by atoms with Crippen LogP contribution in [0, 0.1) is 0 Å². The van der Waals surface area contributed by atoms with Gasteiger partial charge in [-0.05, 0) is 35.7 Å². The number of carbonyl (C=O) groups is 2. The number of aromatic carboxylic acids is 1. The van der Waals surface area contributed by atoms with E-state index in [0.29, 0.717) is 18.7 Å². The van der Waals surface area contributed by atoms with Gasteiger partial charge in [0.2, 0.25) is 0 Å². The molecule has 2 aliphatic rings. The Balaban J connectivity index is 0.00000256. The summed E-state index contributed by atoms with van der Waals surface area (Å²) in [5, 5.41) is 19.7. The summed E-state index contributed by atoms with van der Waals surface area (Å²) in [5.41, 5.74) is 3.05. The fourth-order valence-electron chi connectivity index (χ4n) is 3.98. The first kappa shape index (κ1) is 23.4. The summed E-state index contributed by atoms with van der Waals surface area (Å²) in [7, 11) is 0. The van der Waals surface area contributed by atoms with Gasteiger partial charge in [-0.3, -0.25) is 9.69 Å². The molecule has 0 aromatic heterocycles. The van der Waals surface area contributed by atoms with Crippen LogP contribution < -0.4 is 4.74 Å². The van der Waals surface area contributed by atoms with Gasteiger partial charge in [0.15, 0.2) is 0 Å². The second-order valence-corrected chi connectivity index (χ2v) is 7.52. The number of aliphatic hydroxyl groups excluding tert-OH is 1. The summed E-state index contributed by atoms with van der Waals surface area (Å²) >= 11 is 0. The van der Waals surface area contributed by atoms with Crippen LogP contribution in [0.25, 0.3) is 0 Å². The molecule has 1 amide bonds. The first-order valence-electron chi connectivity index (χ1n) is 9.78. The van der Waals surface area contributed by atoms with E-state index in [9.17, 15) is 14.7 Å². The number of hydrogen-bond donors (Lipinski definition) is 2. The van der Waals surface area contributed by atoms with Crippen molar-refractivity contribution in [3.05, 3.63) is 64.7 Å². The van der Waals surface area contributed by atoms with Crippen molar-refractivity contribution in [2.75, 3.05) is 32.8 Å². The number of benzene rings is 2. The number of β-amino-alcohol motifs (C(OH)–C–C–N with tert-alkyl or cyclic N) is 1. The molecular formula is C22H25KN2O5. The van der Waals surface area contributed by atoms with Gasteiger partial charge in [0, 0.05) is 26.2 Å². The molecule has 2 heterocycles. The first-order valence-corrected chi connectivity index (χ1v) is 9.78. The van der Waals surface area contributed by atoms with Gasteiger partial charge in [-0.25, -0.2) is 4.79 Å². The minimum atomic E-state index is -1.07. The molecule has 154 valence electrons. The quantitative estimate of drug-likeness (QED) is 0.680. The van der Waals surface area contributed by atoms with E-state index in [1.165, 1.54) is 29.3 Å². The molecule has 2 N–H and O–H groups in total. The van der Waals surface area contributed by atoms with Crippen LogP contribution >= 0.6 is 0 Å². The third kappa shape index (κ3) is 5.31. The van der Waals surface area contributed by atoms with E-state index < -0.39 is 12.1 Å². The van der Waals surface area contributed by atoms with E-state index in [0.717, 1.165) is 19.5 Å². The van der Waals surface area contributed by atoms with Crippen molar-refractivity contribution in [2.24, 2.45) is 0 Å². The van der Waals surface area contributed by atoms with Crippen LogP contribution in [0.15, 0.2) is 42.5 Å². The van der Waals surface area contributed by atoms with Gasteiger partial charge in [0.1, 0.15) is 12.4 Å². The summed E-state index contributed by atoms with van der Waals surface area (Å²) in [4.78, 5) is 27.8. The molecular weight excluding hydrogens is 411 g/mol. The van der Waals surface area contributed by atoms with Crippen LogP contribution in [0.3, 0.4) is 0 Å². The number of ether oxygens (including phenoxy) is 1. The standard InChI is InChI=1S/C22H24N2O5.K.H/c25-18(13-23-8-7-15-3-1-2-4-17(15)12-23)14-24-9-10-29-20-11-16(22(27)28)5-6-19(20)21(24)26;;/h1-6,11,18,25H,7-10,12-14H2,(H,27,28);;/t18-;;/m1../s1. The normalized spacial score (nSPS) is 17.1. The van der Waals surface area contributed by atoms with E-state index >= 15 is 0 Å². The number of rotatable bonds is 5. The maximum atomic E-state index is 12.9. The summed E-state index contributed by atoms with van der Waals surface area (Å²) in [5.74, 6) is -1.04. The molecule has 1 atom stereocenters. The predicted molar refractivity (Wildman–Crippen MR) is 113 cm³/mol. The molecule has 0 bridgehead atoms. The molecule has 8 heteroatoms. The fourth-order valence-corrected chi connectivity index (χ4v) is 3.98. The van der Waals surface area contributed by atoms with Crippen molar-refractivity contribution >= 4 is 63.3 Å². The number of carbonyl (C=O) groups excluding carboxylic acids is 1. The first-order chi connectivity index (χ1) is 14.0. The van der Waals surface area contributed by atoms with E-state index in [1.807, 2.05) is 12.1 Å². The molecule has 0 spiro atoms. The third-order valence-electron chi connectivity index (χ3n) is 5.47. The van der Waals surface area contributed by atoms with Gasteiger partial charge in [0.05, 0.1) is 23.8 Å². The summed E-state index contributed by atoms with van der Waals surface area (Å²) in [6.07, 6.45) is 0.280. The number of aliphatic hydroxyl groups is 1. The molecule has 2 aromatic rings. The fraction of sp³-hybridized carbons (Fsp3) is 0.364. The van der Waals surface area contributed by atoms with E-state index in [-0.39, 0.29) is 81.8 Å². The zero-order chi connectivity index (χ0) is 20.4. The van der Waals surface area contributed by atoms with Crippen LogP contribution in [0.5, 0.6) is 5.75 Å². The molecule has 2 aliphatic heterocycles. The van der Waals surface area contributed by atoms with Crippen LogP contribution in [0.1, 0.15) is 31.8 Å². The average molecular weight is 437 g/mol. The summed E-state index contributed by atoms with van der Waals surface area (Å²) < 4.78 is 5.59. The van der Waals surface area contributed by atoms with Gasteiger partial charge < -0.3 is 19.8 Å². The maximum absolute atomic E-state index is 12.9. The number of fused-ring (bicyclic) bond motifs is 2. The number of carboxylic acids is 1. The molecule has 0 radical (unpaired) electrons. The average Bonchev–Trinajstić information content (AvgIpc) is 2.86. The Kier molecular flexibility index (Phi) is 8.08. The van der Waals surface area contributed by atoms with Gasteiger partial charge in [-0.2, -0.15) is 0 Å². The number of amides is 1. The van der Waals surface area contributed by atoms with Crippen LogP contribution in [0.2, 0.25) is 0 Å². The van der Waals surface area contributed by atoms with Crippen molar-refractivity contribution in [2.45, 2.75) is 19.1 Å². The second kappa shape index (κ2) is 10.4. The Morgan fingerprint density at radius 1 is 1.10 bits per heavy atom. The predicted octanol–water partition coefficient (Wildman–Crippen LogP) is 0.990. The van der Waals surface area contributed by atoms with E-state index in [2.05, 4.69) is 17.0 Å². The molecule has 30 heavy (non-hydrogen) atoms. The number of nitrogens with zero attached hydrogens (tertiary/aromatic N) is 2. The summed E-state index contributed by atoms with van der Waals surface area (Å²) in [6.45, 7) is 2.97. The van der Waals surface area contributed by atoms with Crippen molar-refractivity contribution in [1.82, 2.24) is 9.80 Å². The van der Waals surface area contributed by atoms with Crippen molar-refractivity contribution < 1.29 is 24.5 Å². The van der Waals surface area contributed by atoms with Gasteiger partial charge in [-0.15, -0.1) is 0 Å². The Hall–Kier alpha value is -1.26. The zero-order valence-electron chi connectivity index (χ0n) is 16.1. The SMILES string of the molecule is O=C(O)c1ccc2c(c1)OCCN(C[C@H](O)CN1CCc3ccccc3C1)C2=O.[KH].